The minimum absolute atomic E-state index is 0.0222. The second-order valence-corrected chi connectivity index (χ2v) is 12.4. The Morgan fingerprint density at radius 1 is 1.00 bits per heavy atom. The van der Waals surface area contributed by atoms with E-state index < -0.39 is 22.0 Å². The molecule has 1 aliphatic heterocycles. The summed E-state index contributed by atoms with van der Waals surface area (Å²) < 4.78 is 28.6. The molecule has 206 valence electrons. The van der Waals surface area contributed by atoms with Crippen LogP contribution >= 0.6 is 0 Å². The van der Waals surface area contributed by atoms with Crippen molar-refractivity contribution in [3.63, 3.8) is 0 Å². The number of carboxylic acids is 1. The van der Waals surface area contributed by atoms with Crippen LogP contribution in [0.3, 0.4) is 0 Å². The lowest BCUT2D eigenvalue weighted by Gasteiger charge is -2.35. The molecule has 3 N–H and O–H groups in total. The third kappa shape index (κ3) is 7.77. The number of hydrogen-bond acceptors (Lipinski definition) is 5. The fraction of sp³-hybridized carbons (Fsp3) is 0.667. The van der Waals surface area contributed by atoms with Crippen LogP contribution in [0.1, 0.15) is 64.4 Å². The summed E-state index contributed by atoms with van der Waals surface area (Å²) in [6, 6.07) is 5.66. The Bertz CT molecular complexity index is 1040. The maximum Gasteiger partial charge on any atom is 0.306 e. The average molecular weight is 536 g/mol. The Kier molecular flexibility index (Phi) is 10.1. The van der Waals surface area contributed by atoms with Crippen LogP contribution in [-0.2, 0) is 24.4 Å². The van der Waals surface area contributed by atoms with Crippen LogP contribution in [0.15, 0.2) is 29.2 Å². The van der Waals surface area contributed by atoms with Gasteiger partial charge in [0, 0.05) is 25.6 Å². The van der Waals surface area contributed by atoms with Crippen molar-refractivity contribution in [3.8, 4) is 0 Å². The molecule has 1 aromatic rings. The molecule has 0 unspecified atom stereocenters. The third-order valence-electron chi connectivity index (χ3n) is 8.03. The van der Waals surface area contributed by atoms with Gasteiger partial charge < -0.3 is 15.3 Å². The first-order chi connectivity index (χ1) is 17.5. The van der Waals surface area contributed by atoms with Gasteiger partial charge in [0.1, 0.15) is 6.04 Å². The van der Waals surface area contributed by atoms with Crippen molar-refractivity contribution in [2.24, 2.45) is 23.7 Å². The summed E-state index contributed by atoms with van der Waals surface area (Å²) in [7, 11) is -3.86. The summed E-state index contributed by atoms with van der Waals surface area (Å²) in [5, 5.41) is 12.2. The van der Waals surface area contributed by atoms with Crippen LogP contribution in [0.5, 0.6) is 0 Å². The van der Waals surface area contributed by atoms with Crippen molar-refractivity contribution >= 4 is 27.8 Å². The van der Waals surface area contributed by atoms with Gasteiger partial charge in [-0.25, -0.2) is 8.42 Å². The molecule has 1 saturated carbocycles. The molecule has 3 rings (SSSR count). The monoisotopic (exact) mass is 535 g/mol. The average Bonchev–Trinajstić information content (AvgIpc) is 2.90. The molecule has 1 aromatic carbocycles. The summed E-state index contributed by atoms with van der Waals surface area (Å²) >= 11 is 0. The molecule has 2 aliphatic rings. The van der Waals surface area contributed by atoms with E-state index in [-0.39, 0.29) is 34.5 Å². The van der Waals surface area contributed by atoms with Crippen molar-refractivity contribution < 1.29 is 27.9 Å². The first kappa shape index (κ1) is 29.1. The zero-order valence-electron chi connectivity index (χ0n) is 22.1. The Morgan fingerprint density at radius 3 is 2.14 bits per heavy atom. The fourth-order valence-electron chi connectivity index (χ4n) is 5.16. The zero-order chi connectivity index (χ0) is 27.2. The molecule has 1 aliphatic carbocycles. The van der Waals surface area contributed by atoms with Gasteiger partial charge in [-0.3, -0.25) is 14.4 Å². The second-order valence-electron chi connectivity index (χ2n) is 10.7. The lowest BCUT2D eigenvalue weighted by molar-refractivity contribution is -0.143. The minimum Gasteiger partial charge on any atom is -0.481 e. The molecule has 1 saturated heterocycles. The fourth-order valence-corrected chi connectivity index (χ4v) is 6.46. The van der Waals surface area contributed by atoms with Gasteiger partial charge in [-0.2, -0.15) is 4.72 Å². The van der Waals surface area contributed by atoms with Gasteiger partial charge in [0.05, 0.1) is 10.8 Å². The van der Waals surface area contributed by atoms with Crippen molar-refractivity contribution in [2.45, 2.75) is 76.7 Å². The Balaban J connectivity index is 1.52. The molecule has 2 fully saturated rings. The number of piperidine rings is 1. The van der Waals surface area contributed by atoms with E-state index in [9.17, 15) is 22.8 Å². The van der Waals surface area contributed by atoms with Crippen LogP contribution in [0.4, 0.5) is 0 Å². The number of hydrogen-bond donors (Lipinski definition) is 3. The summed E-state index contributed by atoms with van der Waals surface area (Å²) in [5.74, 6) is -1.35. The number of aryl methyl sites for hydroxylation is 1. The lowest BCUT2D eigenvalue weighted by Crippen LogP contribution is -2.54. The number of carbonyl (C=O) groups excluding carboxylic acids is 2. The van der Waals surface area contributed by atoms with Crippen LogP contribution in [0.2, 0.25) is 0 Å². The van der Waals surface area contributed by atoms with E-state index in [4.69, 9.17) is 5.11 Å². The predicted molar refractivity (Wildman–Crippen MR) is 140 cm³/mol. The first-order valence-corrected chi connectivity index (χ1v) is 14.9. The van der Waals surface area contributed by atoms with Gasteiger partial charge in [-0.05, 0) is 69.4 Å². The molecule has 10 heteroatoms. The molecule has 2 amide bonds. The van der Waals surface area contributed by atoms with Crippen molar-refractivity contribution in [1.82, 2.24) is 14.9 Å². The molecule has 9 nitrogen and oxygen atoms in total. The van der Waals surface area contributed by atoms with Gasteiger partial charge in [-0.15, -0.1) is 0 Å². The number of likely N-dealkylation sites (tertiary alicyclic amines) is 1. The smallest absolute Gasteiger partial charge is 0.306 e. The second kappa shape index (κ2) is 12.9. The molecule has 0 bridgehead atoms. The summed E-state index contributed by atoms with van der Waals surface area (Å²) in [5.41, 5.74) is 0.950. The first-order valence-electron chi connectivity index (χ1n) is 13.4. The molecular formula is C27H41N3O6S. The predicted octanol–water partition coefficient (Wildman–Crippen LogP) is 2.93. The Morgan fingerprint density at radius 2 is 1.59 bits per heavy atom. The standard InChI is InChI=1S/C27H41N3O6S/c1-4-19(3)24(29-37(35,36)23-11-5-18(2)6-12-23)26(32)30-15-13-21(14-16-30)25(31)28-17-20-7-9-22(10-8-20)27(33)34/h5-6,11-12,19-22,24,29H,4,7-10,13-17H2,1-3H3,(H,28,31)(H,33,34)/t19-,20?,22?,24-/m0/s1. The Hall–Kier alpha value is -2.46. The molecule has 0 aromatic heterocycles. The van der Waals surface area contributed by atoms with E-state index in [1.165, 1.54) is 12.1 Å². The highest BCUT2D eigenvalue weighted by Crippen LogP contribution is 2.29. The SMILES string of the molecule is CC[C@H](C)[C@H](NS(=O)(=O)c1ccc(C)cc1)C(=O)N1CCC(C(=O)NCC2CCC(C(=O)O)CC2)CC1. The molecule has 0 spiro atoms. The summed E-state index contributed by atoms with van der Waals surface area (Å²) in [4.78, 5) is 39.1. The van der Waals surface area contributed by atoms with Crippen LogP contribution in [0.25, 0.3) is 0 Å². The number of nitrogens with one attached hydrogen (secondary N) is 2. The maximum absolute atomic E-state index is 13.4. The van der Waals surface area contributed by atoms with Gasteiger partial charge in [0.2, 0.25) is 21.8 Å². The number of sulfonamides is 1. The van der Waals surface area contributed by atoms with Gasteiger partial charge >= 0.3 is 5.97 Å². The highest BCUT2D eigenvalue weighted by molar-refractivity contribution is 7.89. The minimum atomic E-state index is -3.86. The Labute approximate surface area is 220 Å². The molecular weight excluding hydrogens is 494 g/mol. The molecule has 0 radical (unpaired) electrons. The van der Waals surface area contributed by atoms with E-state index in [1.54, 1.807) is 17.0 Å². The van der Waals surface area contributed by atoms with Gasteiger partial charge in [0.15, 0.2) is 0 Å². The number of carboxylic acid groups (broad SMARTS) is 1. The number of amides is 2. The number of benzene rings is 1. The van der Waals surface area contributed by atoms with E-state index in [0.717, 1.165) is 18.4 Å². The highest BCUT2D eigenvalue weighted by atomic mass is 32.2. The van der Waals surface area contributed by atoms with Crippen LogP contribution in [0, 0.1) is 30.6 Å². The maximum atomic E-state index is 13.4. The van der Waals surface area contributed by atoms with Crippen LogP contribution < -0.4 is 10.0 Å². The number of aliphatic carboxylic acids is 1. The molecule has 37 heavy (non-hydrogen) atoms. The topological polar surface area (TPSA) is 133 Å². The number of carbonyl (C=O) groups is 3. The quantitative estimate of drug-likeness (QED) is 0.422. The zero-order valence-corrected chi connectivity index (χ0v) is 22.9. The summed E-state index contributed by atoms with van der Waals surface area (Å²) in [6.45, 7) is 7.03. The van der Waals surface area contributed by atoms with Crippen molar-refractivity contribution in [3.05, 3.63) is 29.8 Å². The van der Waals surface area contributed by atoms with Crippen LogP contribution in [-0.4, -0.2) is 61.9 Å². The van der Waals surface area contributed by atoms with E-state index >= 15 is 0 Å². The number of rotatable bonds is 10. The van der Waals surface area contributed by atoms with Gasteiger partial charge in [-0.1, -0.05) is 38.0 Å². The highest BCUT2D eigenvalue weighted by Gasteiger charge is 2.35. The lowest BCUT2D eigenvalue weighted by atomic mass is 9.82. The molecule has 1 heterocycles. The number of nitrogens with zero attached hydrogens (tertiary/aromatic N) is 1. The largest absolute Gasteiger partial charge is 0.481 e. The molecule has 2 atom stereocenters. The van der Waals surface area contributed by atoms with Crippen molar-refractivity contribution in [1.29, 1.82) is 0 Å². The summed E-state index contributed by atoms with van der Waals surface area (Å²) in [6.07, 6.45) is 4.62. The van der Waals surface area contributed by atoms with E-state index in [2.05, 4.69) is 10.0 Å². The van der Waals surface area contributed by atoms with E-state index in [0.29, 0.717) is 57.7 Å². The van der Waals surface area contributed by atoms with Gasteiger partial charge in [0.25, 0.3) is 0 Å². The van der Waals surface area contributed by atoms with Crippen molar-refractivity contribution in [2.75, 3.05) is 19.6 Å². The third-order valence-corrected chi connectivity index (χ3v) is 9.49. The normalized spacial score (nSPS) is 22.7. The van der Waals surface area contributed by atoms with E-state index in [1.807, 2.05) is 20.8 Å².